The number of likely N-dealkylation sites (tertiary alicyclic amines) is 1. The number of aromatic nitrogens is 1. The van der Waals surface area contributed by atoms with Gasteiger partial charge in [0, 0.05) is 37.3 Å². The van der Waals surface area contributed by atoms with E-state index in [2.05, 4.69) is 11.8 Å². The van der Waals surface area contributed by atoms with Gasteiger partial charge in [0.1, 0.15) is 0 Å². The van der Waals surface area contributed by atoms with Gasteiger partial charge in [0.05, 0.1) is 17.7 Å². The number of hydrogen-bond acceptors (Lipinski definition) is 5. The zero-order chi connectivity index (χ0) is 15.4. The lowest BCUT2D eigenvalue weighted by molar-refractivity contribution is -0.385. The molecule has 116 valence electrons. The number of hydrogen-bond donors (Lipinski definition) is 1. The summed E-state index contributed by atoms with van der Waals surface area (Å²) in [4.78, 5) is 24.2. The third kappa shape index (κ3) is 3.68. The monoisotopic (exact) mass is 295 g/mol. The van der Waals surface area contributed by atoms with Gasteiger partial charge in [-0.05, 0) is 19.8 Å². The summed E-state index contributed by atoms with van der Waals surface area (Å²) in [7, 11) is 0. The number of nitro groups is 1. The van der Waals surface area contributed by atoms with Gasteiger partial charge in [0.2, 0.25) is 0 Å². The molecule has 0 aliphatic carbocycles. The average Bonchev–Trinajstić information content (AvgIpc) is 2.47. The van der Waals surface area contributed by atoms with Crippen LogP contribution >= 0.6 is 0 Å². The Balaban J connectivity index is 2.09. The Labute approximate surface area is 123 Å². The first kappa shape index (κ1) is 15.7. The van der Waals surface area contributed by atoms with Crippen LogP contribution in [0.2, 0.25) is 0 Å². The van der Waals surface area contributed by atoms with E-state index in [1.54, 1.807) is 0 Å². The van der Waals surface area contributed by atoms with Gasteiger partial charge in [0.15, 0.2) is 0 Å². The molecule has 1 N–H and O–H groups in total. The fourth-order valence-corrected chi connectivity index (χ4v) is 2.96. The lowest BCUT2D eigenvalue weighted by Gasteiger charge is -2.39. The molecule has 1 aliphatic rings. The molecule has 0 aromatic carbocycles. The Bertz CT molecular complexity index is 557. The standard InChI is InChI=1S/C14H21N3O4/c1-11-3-2-4-13(10-18)16(11)8-7-15-9-12(17(20)21)5-6-14(15)19/h5-6,9,11,13,18H,2-4,7-8,10H2,1H3. The molecule has 7 nitrogen and oxygen atoms in total. The first-order chi connectivity index (χ1) is 10.0. The van der Waals surface area contributed by atoms with Gasteiger partial charge < -0.3 is 9.67 Å². The Hall–Kier alpha value is -1.73. The predicted octanol–water partition coefficient (Wildman–Crippen LogP) is 0.992. The quantitative estimate of drug-likeness (QED) is 0.646. The van der Waals surface area contributed by atoms with Crippen molar-refractivity contribution in [2.45, 2.75) is 44.8 Å². The molecule has 0 saturated carbocycles. The van der Waals surface area contributed by atoms with Crippen molar-refractivity contribution in [1.82, 2.24) is 9.47 Å². The Kier molecular flexibility index (Phi) is 5.08. The number of aliphatic hydroxyl groups is 1. The van der Waals surface area contributed by atoms with Crippen LogP contribution in [-0.4, -0.2) is 44.7 Å². The van der Waals surface area contributed by atoms with Crippen molar-refractivity contribution >= 4 is 5.69 Å². The molecule has 2 atom stereocenters. The van der Waals surface area contributed by atoms with E-state index in [-0.39, 0.29) is 23.9 Å². The van der Waals surface area contributed by atoms with Crippen LogP contribution in [0, 0.1) is 10.1 Å². The van der Waals surface area contributed by atoms with Crippen LogP contribution in [0.4, 0.5) is 5.69 Å². The molecule has 0 spiro atoms. The van der Waals surface area contributed by atoms with E-state index in [0.29, 0.717) is 19.1 Å². The first-order valence-electron chi connectivity index (χ1n) is 7.24. The van der Waals surface area contributed by atoms with Gasteiger partial charge in [0.25, 0.3) is 11.2 Å². The summed E-state index contributed by atoms with van der Waals surface area (Å²) < 4.78 is 1.37. The number of piperidine rings is 1. The molecule has 2 rings (SSSR count). The molecule has 7 heteroatoms. The highest BCUT2D eigenvalue weighted by Gasteiger charge is 2.26. The summed E-state index contributed by atoms with van der Waals surface area (Å²) in [5, 5.41) is 20.2. The molecule has 0 amide bonds. The van der Waals surface area contributed by atoms with Crippen molar-refractivity contribution in [3.8, 4) is 0 Å². The third-order valence-corrected chi connectivity index (χ3v) is 4.18. The molecular weight excluding hydrogens is 274 g/mol. The lowest BCUT2D eigenvalue weighted by atomic mass is 9.97. The molecule has 2 heterocycles. The maximum Gasteiger partial charge on any atom is 0.285 e. The van der Waals surface area contributed by atoms with Gasteiger partial charge in [-0.1, -0.05) is 6.42 Å². The van der Waals surface area contributed by atoms with Crippen LogP contribution in [0.15, 0.2) is 23.1 Å². The number of rotatable bonds is 5. The highest BCUT2D eigenvalue weighted by atomic mass is 16.6. The maximum absolute atomic E-state index is 11.8. The second-order valence-electron chi connectivity index (χ2n) is 5.53. The average molecular weight is 295 g/mol. The minimum atomic E-state index is -0.504. The van der Waals surface area contributed by atoms with Crippen molar-refractivity contribution < 1.29 is 10.0 Å². The largest absolute Gasteiger partial charge is 0.395 e. The number of aliphatic hydroxyl groups excluding tert-OH is 1. The second kappa shape index (κ2) is 6.82. The number of nitrogens with zero attached hydrogens (tertiary/aromatic N) is 3. The summed E-state index contributed by atoms with van der Waals surface area (Å²) in [5.41, 5.74) is -0.328. The molecule has 0 bridgehead atoms. The molecule has 1 aliphatic heterocycles. The van der Waals surface area contributed by atoms with E-state index in [9.17, 15) is 20.0 Å². The molecular formula is C14H21N3O4. The first-order valence-corrected chi connectivity index (χ1v) is 7.24. The van der Waals surface area contributed by atoms with E-state index < -0.39 is 4.92 Å². The SMILES string of the molecule is CC1CCCC(CO)N1CCn1cc([N+](=O)[O-])ccc1=O. The predicted molar refractivity (Wildman–Crippen MR) is 78.2 cm³/mol. The summed E-state index contributed by atoms with van der Waals surface area (Å²) in [6, 6.07) is 2.91. The molecule has 2 unspecified atom stereocenters. The Morgan fingerprint density at radius 2 is 2.14 bits per heavy atom. The molecule has 1 aromatic heterocycles. The highest BCUT2D eigenvalue weighted by Crippen LogP contribution is 2.22. The molecule has 1 saturated heterocycles. The van der Waals surface area contributed by atoms with Crippen molar-refractivity contribution in [3.63, 3.8) is 0 Å². The Morgan fingerprint density at radius 1 is 1.38 bits per heavy atom. The molecule has 1 aromatic rings. The van der Waals surface area contributed by atoms with Gasteiger partial charge >= 0.3 is 0 Å². The summed E-state index contributed by atoms with van der Waals surface area (Å²) in [5.74, 6) is 0. The van der Waals surface area contributed by atoms with E-state index in [1.807, 2.05) is 0 Å². The van der Waals surface area contributed by atoms with Gasteiger partial charge in [-0.3, -0.25) is 19.8 Å². The van der Waals surface area contributed by atoms with E-state index in [0.717, 1.165) is 19.3 Å². The minimum Gasteiger partial charge on any atom is -0.395 e. The summed E-state index contributed by atoms with van der Waals surface area (Å²) in [6.07, 6.45) is 4.40. The topological polar surface area (TPSA) is 88.6 Å². The minimum absolute atomic E-state index is 0.0833. The highest BCUT2D eigenvalue weighted by molar-refractivity contribution is 5.24. The normalized spacial score (nSPS) is 23.1. The fraction of sp³-hybridized carbons (Fsp3) is 0.643. The van der Waals surface area contributed by atoms with Gasteiger partial charge in [-0.15, -0.1) is 0 Å². The van der Waals surface area contributed by atoms with E-state index in [1.165, 1.54) is 22.9 Å². The van der Waals surface area contributed by atoms with Gasteiger partial charge in [-0.25, -0.2) is 0 Å². The van der Waals surface area contributed by atoms with E-state index in [4.69, 9.17) is 0 Å². The summed E-state index contributed by atoms with van der Waals surface area (Å²) in [6.45, 7) is 3.21. The fourth-order valence-electron chi connectivity index (χ4n) is 2.96. The molecule has 21 heavy (non-hydrogen) atoms. The van der Waals surface area contributed by atoms with Crippen molar-refractivity contribution in [2.75, 3.05) is 13.2 Å². The summed E-state index contributed by atoms with van der Waals surface area (Å²) >= 11 is 0. The Morgan fingerprint density at radius 3 is 2.81 bits per heavy atom. The van der Waals surface area contributed by atoms with Crippen LogP contribution in [0.25, 0.3) is 0 Å². The maximum atomic E-state index is 11.8. The van der Waals surface area contributed by atoms with Crippen LogP contribution in [0.1, 0.15) is 26.2 Å². The zero-order valence-electron chi connectivity index (χ0n) is 12.1. The van der Waals surface area contributed by atoms with Crippen LogP contribution in [0.5, 0.6) is 0 Å². The zero-order valence-corrected chi connectivity index (χ0v) is 12.1. The van der Waals surface area contributed by atoms with Crippen molar-refractivity contribution in [3.05, 3.63) is 38.8 Å². The van der Waals surface area contributed by atoms with Crippen LogP contribution in [-0.2, 0) is 6.54 Å². The van der Waals surface area contributed by atoms with Crippen molar-refractivity contribution in [1.29, 1.82) is 0 Å². The molecule has 0 radical (unpaired) electrons. The van der Waals surface area contributed by atoms with Gasteiger partial charge in [-0.2, -0.15) is 0 Å². The smallest absolute Gasteiger partial charge is 0.285 e. The lowest BCUT2D eigenvalue weighted by Crippen LogP contribution is -2.48. The van der Waals surface area contributed by atoms with Crippen LogP contribution in [0.3, 0.4) is 0 Å². The number of pyridine rings is 1. The molecule has 1 fully saturated rings. The third-order valence-electron chi connectivity index (χ3n) is 4.18. The van der Waals surface area contributed by atoms with Crippen molar-refractivity contribution in [2.24, 2.45) is 0 Å². The van der Waals surface area contributed by atoms with Crippen LogP contribution < -0.4 is 5.56 Å². The van der Waals surface area contributed by atoms with E-state index >= 15 is 0 Å². The second-order valence-corrected chi connectivity index (χ2v) is 5.53.